The monoisotopic (exact) mass is 447 g/mol. The van der Waals surface area contributed by atoms with Crippen molar-refractivity contribution in [3.63, 3.8) is 0 Å². The molecule has 0 N–H and O–H groups in total. The van der Waals surface area contributed by atoms with Crippen LogP contribution in [0.1, 0.15) is 46.0 Å². The number of nitrogens with zero attached hydrogens (tertiary/aromatic N) is 3. The number of aromatic nitrogens is 1. The van der Waals surface area contributed by atoms with Crippen molar-refractivity contribution in [1.29, 1.82) is 0 Å². The summed E-state index contributed by atoms with van der Waals surface area (Å²) in [6, 6.07) is 3.70. The molecule has 2 amide bonds. The van der Waals surface area contributed by atoms with Crippen molar-refractivity contribution >= 4 is 27.7 Å². The van der Waals surface area contributed by atoms with Crippen LogP contribution in [0.25, 0.3) is 0 Å². The van der Waals surface area contributed by atoms with Crippen molar-refractivity contribution in [2.45, 2.75) is 57.5 Å². The molecule has 0 spiro atoms. The molecule has 4 aliphatic rings. The second-order valence-corrected chi connectivity index (χ2v) is 10.2. The minimum absolute atomic E-state index is 0.0617. The Bertz CT molecular complexity index is 812. The highest BCUT2D eigenvalue weighted by molar-refractivity contribution is 9.10. The van der Waals surface area contributed by atoms with Gasteiger partial charge in [0, 0.05) is 16.7 Å². The van der Waals surface area contributed by atoms with Gasteiger partial charge in [-0.25, -0.2) is 15.0 Å². The zero-order chi connectivity index (χ0) is 19.6. The number of pyridine rings is 1. The summed E-state index contributed by atoms with van der Waals surface area (Å²) in [5.41, 5.74) is -0.805. The van der Waals surface area contributed by atoms with Gasteiger partial charge in [-0.2, -0.15) is 0 Å². The third kappa shape index (κ3) is 2.69. The van der Waals surface area contributed by atoms with Crippen LogP contribution in [0.5, 0.6) is 5.88 Å². The molecule has 1 aromatic heterocycles. The molecule has 1 saturated heterocycles. The van der Waals surface area contributed by atoms with Gasteiger partial charge in [0.15, 0.2) is 6.61 Å². The van der Waals surface area contributed by atoms with E-state index in [-0.39, 0.29) is 24.5 Å². The molecule has 0 aromatic carbocycles. The molecule has 6 nitrogen and oxygen atoms in total. The van der Waals surface area contributed by atoms with Crippen LogP contribution in [0.4, 0.5) is 0 Å². The number of rotatable bonds is 4. The van der Waals surface area contributed by atoms with Crippen LogP contribution in [0, 0.1) is 23.7 Å². The molecule has 5 unspecified atom stereocenters. The van der Waals surface area contributed by atoms with Gasteiger partial charge in [-0.3, -0.25) is 9.59 Å². The maximum absolute atomic E-state index is 13.0. The molecular formula is C21H26BrN3O3. The number of carbonyl (C=O) groups is 2. The molecule has 7 heteroatoms. The predicted octanol–water partition coefficient (Wildman–Crippen LogP) is 3.41. The minimum Gasteiger partial charge on any atom is -0.467 e. The number of halogens is 1. The van der Waals surface area contributed by atoms with Crippen LogP contribution in [0.2, 0.25) is 0 Å². The highest BCUT2D eigenvalue weighted by Gasteiger charge is 2.61. The zero-order valence-electron chi connectivity index (χ0n) is 16.3. The van der Waals surface area contributed by atoms with Crippen molar-refractivity contribution in [2.75, 3.05) is 6.61 Å². The number of hydrogen-bond acceptors (Lipinski definition) is 4. The molecular weight excluding hydrogens is 422 g/mol. The number of fused-ring (bicyclic) bond motifs is 1. The Morgan fingerprint density at radius 2 is 2.00 bits per heavy atom. The lowest BCUT2D eigenvalue weighted by Crippen LogP contribution is -2.79. The number of amides is 2. The number of hydrogen-bond donors (Lipinski definition) is 0. The Morgan fingerprint density at radius 1 is 1.21 bits per heavy atom. The average Bonchev–Trinajstić information content (AvgIpc) is 2.90. The van der Waals surface area contributed by atoms with Gasteiger partial charge in [0.05, 0.1) is 6.04 Å². The first kappa shape index (κ1) is 18.4. The second-order valence-electron chi connectivity index (χ2n) is 9.31. The van der Waals surface area contributed by atoms with E-state index >= 15 is 0 Å². The summed E-state index contributed by atoms with van der Waals surface area (Å²) in [6.07, 6.45) is 7.66. The van der Waals surface area contributed by atoms with E-state index < -0.39 is 5.54 Å². The number of ether oxygens (including phenoxy) is 1. The third-order valence-electron chi connectivity index (χ3n) is 7.44. The van der Waals surface area contributed by atoms with E-state index in [0.717, 1.165) is 28.6 Å². The van der Waals surface area contributed by atoms with Crippen LogP contribution in [-0.4, -0.2) is 45.0 Å². The lowest BCUT2D eigenvalue weighted by Gasteiger charge is -2.59. The van der Waals surface area contributed by atoms with E-state index in [9.17, 15) is 9.59 Å². The van der Waals surface area contributed by atoms with Gasteiger partial charge in [-0.05, 0) is 91.6 Å². The quantitative estimate of drug-likeness (QED) is 0.709. The van der Waals surface area contributed by atoms with Crippen molar-refractivity contribution in [3.8, 4) is 5.88 Å². The fourth-order valence-electron chi connectivity index (χ4n) is 6.07. The second kappa shape index (κ2) is 6.44. The highest BCUT2D eigenvalue weighted by atomic mass is 79.9. The number of hydrazine groups is 1. The Kier molecular flexibility index (Phi) is 4.23. The molecule has 1 aromatic rings. The summed E-state index contributed by atoms with van der Waals surface area (Å²) in [7, 11) is 0. The van der Waals surface area contributed by atoms with Gasteiger partial charge in [0.2, 0.25) is 5.88 Å². The van der Waals surface area contributed by atoms with Crippen molar-refractivity contribution in [2.24, 2.45) is 23.7 Å². The molecule has 5 rings (SSSR count). The van der Waals surface area contributed by atoms with Crippen LogP contribution in [0.3, 0.4) is 0 Å². The Morgan fingerprint density at radius 3 is 2.75 bits per heavy atom. The van der Waals surface area contributed by atoms with E-state index in [1.54, 1.807) is 22.3 Å². The van der Waals surface area contributed by atoms with E-state index in [1.807, 2.05) is 19.9 Å². The first-order chi connectivity index (χ1) is 13.4. The van der Waals surface area contributed by atoms with Gasteiger partial charge in [-0.1, -0.05) is 0 Å². The van der Waals surface area contributed by atoms with E-state index in [2.05, 4.69) is 20.9 Å². The minimum atomic E-state index is -0.805. The van der Waals surface area contributed by atoms with Crippen molar-refractivity contribution < 1.29 is 14.3 Å². The predicted molar refractivity (Wildman–Crippen MR) is 106 cm³/mol. The lowest BCUT2D eigenvalue weighted by atomic mass is 9.64. The molecule has 5 atom stereocenters. The van der Waals surface area contributed by atoms with E-state index in [1.165, 1.54) is 25.7 Å². The summed E-state index contributed by atoms with van der Waals surface area (Å²) in [5, 5.41) is 3.43. The van der Waals surface area contributed by atoms with Gasteiger partial charge in [-0.15, -0.1) is 0 Å². The first-order valence-corrected chi connectivity index (χ1v) is 11.1. The van der Waals surface area contributed by atoms with Crippen molar-refractivity contribution in [1.82, 2.24) is 15.0 Å². The van der Waals surface area contributed by atoms with Crippen LogP contribution in [-0.2, 0) is 9.59 Å². The van der Waals surface area contributed by atoms with Gasteiger partial charge in [0.1, 0.15) is 5.54 Å². The first-order valence-electron chi connectivity index (χ1n) is 10.3. The maximum Gasteiger partial charge on any atom is 0.280 e. The molecule has 2 heterocycles. The van der Waals surface area contributed by atoms with Crippen LogP contribution in [0.15, 0.2) is 22.8 Å². The Hall–Kier alpha value is -1.63. The number of carbonyl (C=O) groups excluding carboxylic acids is 2. The molecule has 0 radical (unpaired) electrons. The SMILES string of the molecule is CC1(C)C(=O)N(C2CCC3CC4CC2CC34)N1C(=O)COc1ccc(Br)cn1. The summed E-state index contributed by atoms with van der Waals surface area (Å²) >= 11 is 3.33. The summed E-state index contributed by atoms with van der Waals surface area (Å²) in [5.74, 6) is 3.40. The fourth-order valence-corrected chi connectivity index (χ4v) is 6.30. The zero-order valence-corrected chi connectivity index (χ0v) is 17.9. The van der Waals surface area contributed by atoms with Crippen LogP contribution < -0.4 is 4.74 Å². The maximum atomic E-state index is 13.0. The lowest BCUT2D eigenvalue weighted by molar-refractivity contribution is -0.230. The van der Waals surface area contributed by atoms with Gasteiger partial charge < -0.3 is 4.74 Å². The molecule has 2 bridgehead atoms. The fraction of sp³-hybridized carbons (Fsp3) is 0.667. The summed E-state index contributed by atoms with van der Waals surface area (Å²) in [6.45, 7) is 3.54. The molecule has 150 valence electrons. The highest BCUT2D eigenvalue weighted by Crippen LogP contribution is 2.59. The molecule has 3 saturated carbocycles. The van der Waals surface area contributed by atoms with Gasteiger partial charge >= 0.3 is 0 Å². The standard InChI is InChI=1S/C21H26BrN3O3/c1-21(2)20(27)24(17-5-3-12-7-13-8-14(17)9-16(12)13)25(21)19(26)11-28-18-6-4-15(22)10-23-18/h4,6,10,12-14,16-17H,3,5,7-9,11H2,1-2H3. The Balaban J connectivity index is 1.31. The van der Waals surface area contributed by atoms with E-state index in [4.69, 9.17) is 4.74 Å². The molecule has 28 heavy (non-hydrogen) atoms. The van der Waals surface area contributed by atoms with Crippen LogP contribution >= 0.6 is 15.9 Å². The molecule has 1 aliphatic heterocycles. The average molecular weight is 448 g/mol. The smallest absolute Gasteiger partial charge is 0.280 e. The van der Waals surface area contributed by atoms with Crippen molar-refractivity contribution in [3.05, 3.63) is 22.8 Å². The normalized spacial score (nSPS) is 35.1. The van der Waals surface area contributed by atoms with E-state index in [0.29, 0.717) is 11.8 Å². The summed E-state index contributed by atoms with van der Waals surface area (Å²) < 4.78 is 6.45. The topological polar surface area (TPSA) is 62.7 Å². The van der Waals surface area contributed by atoms with Gasteiger partial charge in [0.25, 0.3) is 11.8 Å². The molecule has 3 aliphatic carbocycles. The Labute approximate surface area is 173 Å². The third-order valence-corrected chi connectivity index (χ3v) is 7.91. The molecule has 4 fully saturated rings. The largest absolute Gasteiger partial charge is 0.467 e. The summed E-state index contributed by atoms with van der Waals surface area (Å²) in [4.78, 5) is 30.1.